The normalized spacial score (nSPS) is 15.1. The zero-order valence-electron chi connectivity index (χ0n) is 19.5. The van der Waals surface area contributed by atoms with E-state index in [4.69, 9.17) is 9.15 Å². The van der Waals surface area contributed by atoms with E-state index in [1.807, 2.05) is 38.1 Å². The van der Waals surface area contributed by atoms with E-state index >= 15 is 0 Å². The standard InChI is InChI=1S/C26H21BrN2O5S/c1-5-33-25(32)23-14(4)28-26(35-23)29-20(15-7-6-8-16(27)11-15)19-21(30)17-9-12(2)13(3)10-18(17)34-22(19)24(29)31/h6-11,20H,5H2,1-4H3. The molecule has 178 valence electrons. The van der Waals surface area contributed by atoms with E-state index in [0.29, 0.717) is 32.2 Å². The Bertz CT molecular complexity index is 1590. The van der Waals surface area contributed by atoms with E-state index < -0.39 is 17.9 Å². The van der Waals surface area contributed by atoms with Gasteiger partial charge in [-0.25, -0.2) is 9.78 Å². The molecule has 0 saturated carbocycles. The van der Waals surface area contributed by atoms with Crippen LogP contribution in [-0.4, -0.2) is 23.5 Å². The van der Waals surface area contributed by atoms with Crippen molar-refractivity contribution in [3.63, 3.8) is 0 Å². The summed E-state index contributed by atoms with van der Waals surface area (Å²) in [7, 11) is 0. The van der Waals surface area contributed by atoms with Crippen LogP contribution >= 0.6 is 27.3 Å². The van der Waals surface area contributed by atoms with Crippen LogP contribution in [0.5, 0.6) is 0 Å². The Morgan fingerprint density at radius 3 is 2.63 bits per heavy atom. The maximum Gasteiger partial charge on any atom is 0.350 e. The summed E-state index contributed by atoms with van der Waals surface area (Å²) in [6.07, 6.45) is 0. The Balaban J connectivity index is 1.77. The van der Waals surface area contributed by atoms with Gasteiger partial charge in [0.15, 0.2) is 10.6 Å². The number of halogens is 1. The number of fused-ring (bicyclic) bond motifs is 2. The molecule has 0 fully saturated rings. The van der Waals surface area contributed by atoms with Gasteiger partial charge in [0.1, 0.15) is 10.5 Å². The molecule has 1 aliphatic heterocycles. The molecule has 0 spiro atoms. The van der Waals surface area contributed by atoms with Crippen molar-refractivity contribution in [2.75, 3.05) is 11.5 Å². The van der Waals surface area contributed by atoms with E-state index in [1.54, 1.807) is 26.0 Å². The smallest absolute Gasteiger partial charge is 0.350 e. The zero-order valence-corrected chi connectivity index (χ0v) is 21.9. The molecule has 2 aromatic carbocycles. The molecule has 1 amide bonds. The number of rotatable bonds is 4. The Labute approximate surface area is 213 Å². The molecule has 3 heterocycles. The molecular formula is C26H21BrN2O5S. The van der Waals surface area contributed by atoms with Gasteiger partial charge in [0.2, 0.25) is 5.76 Å². The first-order chi connectivity index (χ1) is 16.7. The van der Waals surface area contributed by atoms with E-state index in [0.717, 1.165) is 26.9 Å². The van der Waals surface area contributed by atoms with Crippen LogP contribution in [0.25, 0.3) is 11.0 Å². The minimum Gasteiger partial charge on any atom is -0.462 e. The van der Waals surface area contributed by atoms with Crippen LogP contribution in [0.2, 0.25) is 0 Å². The van der Waals surface area contributed by atoms with Gasteiger partial charge in [-0.15, -0.1) is 0 Å². The monoisotopic (exact) mass is 552 g/mol. The molecule has 1 atom stereocenters. The molecule has 0 radical (unpaired) electrons. The van der Waals surface area contributed by atoms with E-state index in [2.05, 4.69) is 20.9 Å². The van der Waals surface area contributed by atoms with E-state index in [1.165, 1.54) is 4.90 Å². The largest absolute Gasteiger partial charge is 0.462 e. The molecule has 9 heteroatoms. The third-order valence-electron chi connectivity index (χ3n) is 6.10. The predicted octanol–water partition coefficient (Wildman–Crippen LogP) is 5.86. The topological polar surface area (TPSA) is 89.7 Å². The number of thiazole rings is 1. The first-order valence-corrected chi connectivity index (χ1v) is 12.6. The predicted molar refractivity (Wildman–Crippen MR) is 138 cm³/mol. The van der Waals surface area contributed by atoms with Gasteiger partial charge in [-0.3, -0.25) is 14.5 Å². The SMILES string of the molecule is CCOC(=O)c1sc(N2C(=O)c3oc4cc(C)c(C)cc4c(=O)c3C2c2cccc(Br)c2)nc1C. The van der Waals surface area contributed by atoms with Crippen LogP contribution in [0.3, 0.4) is 0 Å². The van der Waals surface area contributed by atoms with Gasteiger partial charge in [-0.05, 0) is 68.7 Å². The second-order valence-electron chi connectivity index (χ2n) is 8.37. The van der Waals surface area contributed by atoms with Crippen LogP contribution in [-0.2, 0) is 4.74 Å². The summed E-state index contributed by atoms with van der Waals surface area (Å²) in [6.45, 7) is 7.50. The molecule has 1 unspecified atom stereocenters. The number of benzene rings is 2. The van der Waals surface area contributed by atoms with E-state index in [9.17, 15) is 14.4 Å². The fraction of sp³-hybridized carbons (Fsp3) is 0.231. The van der Waals surface area contributed by atoms with Crippen molar-refractivity contribution in [3.8, 4) is 0 Å². The average molecular weight is 553 g/mol. The van der Waals surface area contributed by atoms with Gasteiger partial charge in [-0.2, -0.15) is 0 Å². The summed E-state index contributed by atoms with van der Waals surface area (Å²) < 4.78 is 12.0. The molecule has 4 aromatic rings. The first-order valence-electron chi connectivity index (χ1n) is 11.0. The van der Waals surface area contributed by atoms with Crippen LogP contribution < -0.4 is 10.3 Å². The lowest BCUT2D eigenvalue weighted by atomic mass is 9.98. The second kappa shape index (κ2) is 8.73. The lowest BCUT2D eigenvalue weighted by Gasteiger charge is -2.22. The number of nitrogens with zero attached hydrogens (tertiary/aromatic N) is 2. The zero-order chi connectivity index (χ0) is 25.0. The van der Waals surface area contributed by atoms with Crippen molar-refractivity contribution in [1.82, 2.24) is 4.98 Å². The number of esters is 1. The highest BCUT2D eigenvalue weighted by Gasteiger charge is 2.45. The minimum atomic E-state index is -0.766. The van der Waals surface area contributed by atoms with Crippen molar-refractivity contribution < 1.29 is 18.7 Å². The number of aromatic nitrogens is 1. The fourth-order valence-electron chi connectivity index (χ4n) is 4.29. The minimum absolute atomic E-state index is 0.0127. The Hall–Kier alpha value is -3.30. The van der Waals surface area contributed by atoms with Crippen molar-refractivity contribution in [2.45, 2.75) is 33.7 Å². The third-order valence-corrected chi connectivity index (χ3v) is 7.73. The third kappa shape index (κ3) is 3.79. The average Bonchev–Trinajstić information content (AvgIpc) is 3.33. The number of hydrogen-bond acceptors (Lipinski definition) is 7. The Morgan fingerprint density at radius 1 is 1.17 bits per heavy atom. The molecular weight excluding hydrogens is 532 g/mol. The highest BCUT2D eigenvalue weighted by molar-refractivity contribution is 9.10. The summed E-state index contributed by atoms with van der Waals surface area (Å²) in [6, 6.07) is 10.2. The number of carbonyl (C=O) groups excluding carboxylic acids is 2. The maximum atomic E-state index is 13.8. The molecule has 1 aliphatic rings. The number of anilines is 1. The molecule has 2 aromatic heterocycles. The fourth-order valence-corrected chi connectivity index (χ4v) is 5.69. The van der Waals surface area contributed by atoms with Gasteiger partial charge in [0.05, 0.1) is 29.3 Å². The number of aryl methyl sites for hydroxylation is 3. The molecule has 0 saturated heterocycles. The summed E-state index contributed by atoms with van der Waals surface area (Å²) in [4.78, 5) is 46.3. The highest BCUT2D eigenvalue weighted by atomic mass is 79.9. The summed E-state index contributed by atoms with van der Waals surface area (Å²) >= 11 is 4.55. The molecule has 35 heavy (non-hydrogen) atoms. The number of hydrogen-bond donors (Lipinski definition) is 0. The maximum absolute atomic E-state index is 13.8. The van der Waals surface area contributed by atoms with Crippen LogP contribution in [0.1, 0.15) is 61.1 Å². The van der Waals surface area contributed by atoms with Gasteiger partial charge in [0, 0.05) is 4.47 Å². The lowest BCUT2D eigenvalue weighted by molar-refractivity contribution is 0.0531. The molecule has 0 bridgehead atoms. The lowest BCUT2D eigenvalue weighted by Crippen LogP contribution is -2.29. The van der Waals surface area contributed by atoms with Crippen molar-refractivity contribution in [3.05, 3.63) is 89.7 Å². The summed E-state index contributed by atoms with van der Waals surface area (Å²) in [5.41, 5.74) is 3.45. The Kier molecular flexibility index (Phi) is 5.85. The van der Waals surface area contributed by atoms with Crippen molar-refractivity contribution >= 4 is 55.2 Å². The van der Waals surface area contributed by atoms with E-state index in [-0.39, 0.29) is 23.4 Å². The van der Waals surface area contributed by atoms with Crippen LogP contribution in [0.15, 0.2) is 50.1 Å². The summed E-state index contributed by atoms with van der Waals surface area (Å²) in [5.74, 6) is -0.990. The van der Waals surface area contributed by atoms with Crippen molar-refractivity contribution in [2.24, 2.45) is 0 Å². The molecule has 7 nitrogen and oxygen atoms in total. The molecule has 0 aliphatic carbocycles. The van der Waals surface area contributed by atoms with Crippen molar-refractivity contribution in [1.29, 1.82) is 0 Å². The van der Waals surface area contributed by atoms with Crippen LogP contribution in [0.4, 0.5) is 5.13 Å². The van der Waals surface area contributed by atoms with Gasteiger partial charge in [0.25, 0.3) is 5.91 Å². The van der Waals surface area contributed by atoms with Gasteiger partial charge < -0.3 is 9.15 Å². The van der Waals surface area contributed by atoms with Gasteiger partial charge >= 0.3 is 5.97 Å². The Morgan fingerprint density at radius 2 is 1.91 bits per heavy atom. The second-order valence-corrected chi connectivity index (χ2v) is 10.3. The first kappa shape index (κ1) is 23.4. The number of amides is 1. The number of ether oxygens (including phenoxy) is 1. The quantitative estimate of drug-likeness (QED) is 0.294. The highest BCUT2D eigenvalue weighted by Crippen LogP contribution is 2.43. The molecule has 0 N–H and O–H groups in total. The summed E-state index contributed by atoms with van der Waals surface area (Å²) in [5, 5.41) is 0.715. The number of carbonyl (C=O) groups is 2. The van der Waals surface area contributed by atoms with Crippen LogP contribution in [0, 0.1) is 20.8 Å². The molecule has 5 rings (SSSR count). The van der Waals surface area contributed by atoms with Gasteiger partial charge in [-0.1, -0.05) is 39.4 Å².